The van der Waals surface area contributed by atoms with Gasteiger partial charge in [-0.3, -0.25) is 14.3 Å². The monoisotopic (exact) mass is 386 g/mol. The van der Waals surface area contributed by atoms with Crippen molar-refractivity contribution in [2.75, 3.05) is 10.6 Å². The number of amides is 2. The molecule has 27 heavy (non-hydrogen) atoms. The Hall–Kier alpha value is -3.13. The average molecular weight is 387 g/mol. The lowest BCUT2D eigenvalue weighted by atomic mass is 10.2. The number of nitrogens with zero attached hydrogens (tertiary/aromatic N) is 4. The molecule has 0 saturated heterocycles. The van der Waals surface area contributed by atoms with E-state index in [-0.39, 0.29) is 17.5 Å². The minimum Gasteiger partial charge on any atom is -0.326 e. The second-order valence-electron chi connectivity index (χ2n) is 6.08. The van der Waals surface area contributed by atoms with Crippen molar-refractivity contribution in [2.45, 2.75) is 27.4 Å². The van der Waals surface area contributed by atoms with Gasteiger partial charge in [-0.2, -0.15) is 10.2 Å². The number of halogens is 1. The molecule has 0 fully saturated rings. The molecule has 2 amide bonds. The molecular weight excluding hydrogens is 368 g/mol. The first-order valence-electron chi connectivity index (χ1n) is 8.25. The normalized spacial score (nSPS) is 10.7. The molecule has 1 aromatic carbocycles. The van der Waals surface area contributed by atoms with Gasteiger partial charge in [0.25, 0.3) is 5.91 Å². The van der Waals surface area contributed by atoms with Crippen molar-refractivity contribution in [3.63, 3.8) is 0 Å². The van der Waals surface area contributed by atoms with E-state index in [0.29, 0.717) is 23.1 Å². The van der Waals surface area contributed by atoms with E-state index in [1.807, 2.05) is 13.8 Å². The van der Waals surface area contributed by atoms with E-state index in [0.717, 1.165) is 11.4 Å². The number of carbonyl (C=O) groups excluding carboxylic acids is 2. The molecule has 0 atom stereocenters. The van der Waals surface area contributed by atoms with Crippen molar-refractivity contribution in [2.24, 2.45) is 0 Å². The Kier molecular flexibility index (Phi) is 5.27. The molecule has 0 aliphatic carbocycles. The summed E-state index contributed by atoms with van der Waals surface area (Å²) in [6, 6.07) is 8.47. The SMILES string of the molecule is CC(=O)Nc1ccc(NC(=O)c2ccn(Cn3nc(C)c(Cl)c3C)n2)cc1. The van der Waals surface area contributed by atoms with E-state index in [1.165, 1.54) is 6.92 Å². The molecule has 0 saturated carbocycles. The van der Waals surface area contributed by atoms with Crippen molar-refractivity contribution < 1.29 is 9.59 Å². The van der Waals surface area contributed by atoms with E-state index < -0.39 is 0 Å². The van der Waals surface area contributed by atoms with E-state index in [4.69, 9.17) is 11.6 Å². The van der Waals surface area contributed by atoms with Gasteiger partial charge in [-0.05, 0) is 44.2 Å². The molecule has 0 aliphatic heterocycles. The van der Waals surface area contributed by atoms with Crippen LogP contribution in [0.2, 0.25) is 5.02 Å². The number of carbonyl (C=O) groups is 2. The molecule has 0 unspecified atom stereocenters. The highest BCUT2D eigenvalue weighted by molar-refractivity contribution is 6.31. The molecule has 0 spiro atoms. The number of anilines is 2. The quantitative estimate of drug-likeness (QED) is 0.704. The minimum absolute atomic E-state index is 0.152. The second-order valence-corrected chi connectivity index (χ2v) is 6.46. The molecule has 0 aliphatic rings. The summed E-state index contributed by atoms with van der Waals surface area (Å²) in [5, 5.41) is 14.7. The Morgan fingerprint density at radius 1 is 1.04 bits per heavy atom. The molecule has 2 aromatic heterocycles. The van der Waals surface area contributed by atoms with Gasteiger partial charge in [0, 0.05) is 24.5 Å². The fraction of sp³-hybridized carbons (Fsp3) is 0.222. The summed E-state index contributed by atoms with van der Waals surface area (Å²) in [7, 11) is 0. The van der Waals surface area contributed by atoms with Crippen molar-refractivity contribution in [1.82, 2.24) is 19.6 Å². The van der Waals surface area contributed by atoms with Crippen LogP contribution in [0, 0.1) is 13.8 Å². The van der Waals surface area contributed by atoms with Crippen LogP contribution < -0.4 is 10.6 Å². The summed E-state index contributed by atoms with van der Waals surface area (Å²) >= 11 is 6.15. The molecule has 2 N–H and O–H groups in total. The van der Waals surface area contributed by atoms with Gasteiger partial charge >= 0.3 is 0 Å². The maximum absolute atomic E-state index is 12.4. The summed E-state index contributed by atoms with van der Waals surface area (Å²) in [6.45, 7) is 5.51. The first-order valence-corrected chi connectivity index (χ1v) is 8.63. The van der Waals surface area contributed by atoms with Gasteiger partial charge in [0.05, 0.1) is 16.4 Å². The van der Waals surface area contributed by atoms with Crippen molar-refractivity contribution >= 4 is 34.8 Å². The molecular formula is C18H19ClN6O2. The first kappa shape index (κ1) is 18.7. The van der Waals surface area contributed by atoms with Gasteiger partial charge < -0.3 is 10.6 Å². The first-order chi connectivity index (χ1) is 12.8. The van der Waals surface area contributed by atoms with Crippen LogP contribution in [0.5, 0.6) is 0 Å². The Morgan fingerprint density at radius 2 is 1.67 bits per heavy atom. The van der Waals surface area contributed by atoms with Crippen molar-refractivity contribution in [3.05, 3.63) is 58.6 Å². The topological polar surface area (TPSA) is 93.8 Å². The molecule has 8 nitrogen and oxygen atoms in total. The van der Waals surface area contributed by atoms with Gasteiger partial charge in [-0.25, -0.2) is 4.68 Å². The third-order valence-electron chi connectivity index (χ3n) is 3.91. The highest BCUT2D eigenvalue weighted by atomic mass is 35.5. The number of rotatable bonds is 5. The van der Waals surface area contributed by atoms with Crippen molar-refractivity contribution in [3.8, 4) is 0 Å². The third kappa shape index (κ3) is 4.35. The lowest BCUT2D eigenvalue weighted by molar-refractivity contribution is -0.114. The third-order valence-corrected chi connectivity index (χ3v) is 4.46. The van der Waals surface area contributed by atoms with Gasteiger partial charge in [0.15, 0.2) is 5.69 Å². The van der Waals surface area contributed by atoms with Crippen LogP contribution in [0.3, 0.4) is 0 Å². The van der Waals surface area contributed by atoms with Gasteiger partial charge in [-0.1, -0.05) is 11.6 Å². The zero-order valence-corrected chi connectivity index (χ0v) is 15.9. The summed E-state index contributed by atoms with van der Waals surface area (Å²) < 4.78 is 3.34. The Labute approximate surface area is 161 Å². The molecule has 3 aromatic rings. The maximum Gasteiger partial charge on any atom is 0.276 e. The average Bonchev–Trinajstić information content (AvgIpc) is 3.18. The fourth-order valence-corrected chi connectivity index (χ4v) is 2.68. The van der Waals surface area contributed by atoms with Crippen LogP contribution >= 0.6 is 11.6 Å². The van der Waals surface area contributed by atoms with Crippen LogP contribution in [0.1, 0.15) is 28.8 Å². The minimum atomic E-state index is -0.326. The van der Waals surface area contributed by atoms with Gasteiger partial charge in [0.1, 0.15) is 6.67 Å². The van der Waals surface area contributed by atoms with E-state index in [1.54, 1.807) is 45.9 Å². The van der Waals surface area contributed by atoms with Crippen LogP contribution in [-0.4, -0.2) is 31.4 Å². The van der Waals surface area contributed by atoms with Crippen LogP contribution in [0.25, 0.3) is 0 Å². The number of hydrogen-bond donors (Lipinski definition) is 2. The predicted molar refractivity (Wildman–Crippen MR) is 103 cm³/mol. The Bertz CT molecular complexity index is 990. The highest BCUT2D eigenvalue weighted by Gasteiger charge is 2.13. The fourth-order valence-electron chi connectivity index (χ4n) is 2.55. The number of nitrogens with one attached hydrogen (secondary N) is 2. The molecule has 3 rings (SSSR count). The highest BCUT2D eigenvalue weighted by Crippen LogP contribution is 2.19. The molecule has 0 radical (unpaired) electrons. The molecule has 0 bridgehead atoms. The summed E-state index contributed by atoms with van der Waals surface area (Å²) in [4.78, 5) is 23.4. The lowest BCUT2D eigenvalue weighted by Crippen LogP contribution is -2.15. The maximum atomic E-state index is 12.4. The largest absolute Gasteiger partial charge is 0.326 e. The lowest BCUT2D eigenvalue weighted by Gasteiger charge is -2.06. The summed E-state index contributed by atoms with van der Waals surface area (Å²) in [5.41, 5.74) is 3.15. The zero-order chi connectivity index (χ0) is 19.6. The zero-order valence-electron chi connectivity index (χ0n) is 15.2. The van der Waals surface area contributed by atoms with Gasteiger partial charge in [0.2, 0.25) is 5.91 Å². The van der Waals surface area contributed by atoms with Crippen LogP contribution in [0.4, 0.5) is 11.4 Å². The molecule has 2 heterocycles. The Morgan fingerprint density at radius 3 is 2.22 bits per heavy atom. The standard InChI is InChI=1S/C18H19ClN6O2/c1-11-17(19)12(2)25(22-11)10-24-9-8-16(23-24)18(27)21-15-6-4-14(5-7-15)20-13(3)26/h4-9H,10H2,1-3H3,(H,20,26)(H,21,27). The smallest absolute Gasteiger partial charge is 0.276 e. The van der Waals surface area contributed by atoms with Crippen LogP contribution in [0.15, 0.2) is 36.5 Å². The van der Waals surface area contributed by atoms with Gasteiger partial charge in [-0.15, -0.1) is 0 Å². The number of aryl methyl sites for hydroxylation is 1. The second kappa shape index (κ2) is 7.63. The molecule has 140 valence electrons. The van der Waals surface area contributed by atoms with E-state index in [2.05, 4.69) is 20.8 Å². The summed E-state index contributed by atoms with van der Waals surface area (Å²) in [5.74, 6) is -0.478. The number of hydrogen-bond acceptors (Lipinski definition) is 4. The summed E-state index contributed by atoms with van der Waals surface area (Å²) in [6.07, 6.45) is 1.71. The van der Waals surface area contributed by atoms with Crippen molar-refractivity contribution in [1.29, 1.82) is 0 Å². The van der Waals surface area contributed by atoms with Crippen LogP contribution in [-0.2, 0) is 11.5 Å². The predicted octanol–water partition coefficient (Wildman–Crippen LogP) is 3.07. The number of benzene rings is 1. The van der Waals surface area contributed by atoms with E-state index in [9.17, 15) is 9.59 Å². The Balaban J connectivity index is 1.66. The molecule has 9 heteroatoms. The number of aromatic nitrogens is 4. The van der Waals surface area contributed by atoms with E-state index >= 15 is 0 Å².